The lowest BCUT2D eigenvalue weighted by atomic mass is 10.0. The number of aromatic amines is 1. The molecule has 5 heterocycles. The summed E-state index contributed by atoms with van der Waals surface area (Å²) in [5, 5.41) is 11.7. The van der Waals surface area contributed by atoms with E-state index in [1.807, 2.05) is 30.7 Å². The predicted molar refractivity (Wildman–Crippen MR) is 129 cm³/mol. The topological polar surface area (TPSA) is 91.3 Å². The first-order valence-corrected chi connectivity index (χ1v) is 11.3. The van der Waals surface area contributed by atoms with E-state index in [1.165, 1.54) is 5.56 Å². The van der Waals surface area contributed by atoms with Crippen molar-refractivity contribution < 1.29 is 4.74 Å². The molecule has 2 aliphatic heterocycles. The highest BCUT2D eigenvalue weighted by molar-refractivity contribution is 5.83. The molecule has 0 unspecified atom stereocenters. The monoisotopic (exact) mass is 439 g/mol. The van der Waals surface area contributed by atoms with Crippen molar-refractivity contribution in [2.24, 2.45) is 4.99 Å². The van der Waals surface area contributed by atoms with Crippen molar-refractivity contribution >= 4 is 28.6 Å². The molecule has 1 fully saturated rings. The molecule has 8 nitrogen and oxygen atoms in total. The maximum absolute atomic E-state index is 5.44. The van der Waals surface area contributed by atoms with Gasteiger partial charge >= 0.3 is 0 Å². The maximum atomic E-state index is 5.44. The van der Waals surface area contributed by atoms with Gasteiger partial charge in [0.1, 0.15) is 5.82 Å². The molecule has 1 aromatic carbocycles. The first-order chi connectivity index (χ1) is 16.3. The summed E-state index contributed by atoms with van der Waals surface area (Å²) in [6.45, 7) is 4.98. The predicted octanol–water partition coefficient (Wildman–Crippen LogP) is 3.72. The van der Waals surface area contributed by atoms with Crippen LogP contribution in [0.15, 0.2) is 53.8 Å². The van der Waals surface area contributed by atoms with Crippen LogP contribution < -0.4 is 5.32 Å². The normalized spacial score (nSPS) is 16.1. The quantitative estimate of drug-likeness (QED) is 0.493. The number of anilines is 2. The number of fused-ring (bicyclic) bond motifs is 2. The highest BCUT2D eigenvalue weighted by atomic mass is 16.5. The fourth-order valence-corrected chi connectivity index (χ4v) is 4.36. The molecule has 2 N–H and O–H groups in total. The van der Waals surface area contributed by atoms with E-state index >= 15 is 0 Å². The van der Waals surface area contributed by atoms with Crippen molar-refractivity contribution in [1.29, 1.82) is 0 Å². The van der Waals surface area contributed by atoms with Crippen LogP contribution >= 0.6 is 0 Å². The smallest absolute Gasteiger partial charge is 0.136 e. The van der Waals surface area contributed by atoms with Crippen LogP contribution in [0.5, 0.6) is 0 Å². The summed E-state index contributed by atoms with van der Waals surface area (Å²) in [7, 11) is 0. The Morgan fingerprint density at radius 3 is 2.88 bits per heavy atom. The molecule has 33 heavy (non-hydrogen) atoms. The third-order valence-corrected chi connectivity index (χ3v) is 6.22. The van der Waals surface area contributed by atoms with Crippen molar-refractivity contribution in [3.63, 3.8) is 0 Å². The highest BCUT2D eigenvalue weighted by Gasteiger charge is 2.17. The average Bonchev–Trinajstić information content (AvgIpc) is 3.33. The number of aromatic nitrogens is 4. The molecule has 3 aromatic heterocycles. The number of rotatable bonds is 5. The van der Waals surface area contributed by atoms with Gasteiger partial charge in [-0.15, -0.1) is 0 Å². The van der Waals surface area contributed by atoms with Crippen molar-refractivity contribution in [3.05, 3.63) is 65.6 Å². The van der Waals surface area contributed by atoms with Crippen LogP contribution in [0.3, 0.4) is 0 Å². The molecule has 2 aliphatic rings. The van der Waals surface area contributed by atoms with Gasteiger partial charge in [-0.2, -0.15) is 5.10 Å². The second kappa shape index (κ2) is 8.73. The van der Waals surface area contributed by atoms with E-state index < -0.39 is 0 Å². The summed E-state index contributed by atoms with van der Waals surface area (Å²) < 4.78 is 5.44. The van der Waals surface area contributed by atoms with Crippen molar-refractivity contribution in [2.75, 3.05) is 31.6 Å². The third kappa shape index (κ3) is 4.22. The number of pyridine rings is 2. The van der Waals surface area contributed by atoms with Crippen LogP contribution in [0.2, 0.25) is 0 Å². The second-order valence-corrected chi connectivity index (χ2v) is 8.44. The van der Waals surface area contributed by atoms with E-state index in [1.54, 1.807) is 0 Å². The Hall–Kier alpha value is -3.62. The molecule has 4 aromatic rings. The number of benzene rings is 1. The van der Waals surface area contributed by atoms with Gasteiger partial charge in [0, 0.05) is 60.7 Å². The fraction of sp³-hybridized carbons (Fsp3) is 0.280. The minimum atomic E-state index is 0.633. The van der Waals surface area contributed by atoms with Crippen LogP contribution in [0.1, 0.15) is 16.8 Å². The molecule has 8 heteroatoms. The van der Waals surface area contributed by atoms with Crippen LogP contribution in [0.25, 0.3) is 22.2 Å². The molecule has 0 radical (unpaired) electrons. The summed E-state index contributed by atoms with van der Waals surface area (Å²) in [6, 6.07) is 12.5. The Kier molecular flexibility index (Phi) is 5.29. The number of nitrogens with one attached hydrogen (secondary N) is 2. The second-order valence-electron chi connectivity index (χ2n) is 8.44. The maximum Gasteiger partial charge on any atom is 0.136 e. The van der Waals surface area contributed by atoms with Crippen LogP contribution in [-0.4, -0.2) is 57.6 Å². The molecule has 0 spiro atoms. The van der Waals surface area contributed by atoms with Crippen LogP contribution in [-0.2, 0) is 24.2 Å². The summed E-state index contributed by atoms with van der Waals surface area (Å²) in [5.74, 6) is 0.843. The molecular weight excluding hydrogens is 414 g/mol. The third-order valence-electron chi connectivity index (χ3n) is 6.22. The van der Waals surface area contributed by atoms with Gasteiger partial charge in [0.15, 0.2) is 0 Å². The molecular formula is C25H25N7O. The standard InChI is InChI=1S/C25H25N7O/c1-3-20(12-24-19(1)14-28-31-24)29-25-22-15-26-6-5-17(22)11-23(30-25)18-2-4-21(27-13-18)16-32-7-9-33-10-8-32/h1-4,6,11-14H,5,7-10,15-16H2,(H,28,31)(H,29,30). The van der Waals surface area contributed by atoms with Gasteiger partial charge in [0.05, 0.1) is 42.9 Å². The van der Waals surface area contributed by atoms with Gasteiger partial charge in [0.25, 0.3) is 0 Å². The number of ether oxygens (including phenoxy) is 1. The molecule has 0 bridgehead atoms. The van der Waals surface area contributed by atoms with E-state index in [-0.39, 0.29) is 0 Å². The van der Waals surface area contributed by atoms with Gasteiger partial charge < -0.3 is 10.1 Å². The number of morpholine rings is 1. The van der Waals surface area contributed by atoms with Gasteiger partial charge in [-0.05, 0) is 42.0 Å². The first-order valence-electron chi connectivity index (χ1n) is 11.3. The van der Waals surface area contributed by atoms with Crippen LogP contribution in [0, 0.1) is 0 Å². The van der Waals surface area contributed by atoms with Crippen molar-refractivity contribution in [1.82, 2.24) is 25.1 Å². The highest BCUT2D eigenvalue weighted by Crippen LogP contribution is 2.30. The van der Waals surface area contributed by atoms with Crippen molar-refractivity contribution in [3.8, 4) is 11.3 Å². The molecule has 0 amide bonds. The number of aliphatic imine (C=N–C) groups is 1. The zero-order valence-corrected chi connectivity index (χ0v) is 18.3. The lowest BCUT2D eigenvalue weighted by Gasteiger charge is -2.26. The Labute approximate surface area is 191 Å². The van der Waals surface area contributed by atoms with E-state index in [0.717, 1.165) is 84.2 Å². The number of hydrogen-bond acceptors (Lipinski definition) is 7. The molecule has 0 atom stereocenters. The minimum absolute atomic E-state index is 0.633. The van der Waals surface area contributed by atoms with Gasteiger partial charge in [-0.3, -0.25) is 20.0 Å². The van der Waals surface area contributed by atoms with E-state index in [4.69, 9.17) is 14.7 Å². The van der Waals surface area contributed by atoms with E-state index in [0.29, 0.717) is 6.54 Å². The number of H-pyrrole nitrogens is 1. The molecule has 166 valence electrons. The average molecular weight is 440 g/mol. The van der Waals surface area contributed by atoms with E-state index in [2.05, 4.69) is 49.7 Å². The molecule has 0 aliphatic carbocycles. The molecule has 6 rings (SSSR count). The number of nitrogens with zero attached hydrogens (tertiary/aromatic N) is 5. The zero-order valence-electron chi connectivity index (χ0n) is 18.3. The summed E-state index contributed by atoms with van der Waals surface area (Å²) in [4.78, 5) is 16.6. The molecule has 1 saturated heterocycles. The summed E-state index contributed by atoms with van der Waals surface area (Å²) in [5.41, 5.74) is 7.34. The summed E-state index contributed by atoms with van der Waals surface area (Å²) >= 11 is 0. The fourth-order valence-electron chi connectivity index (χ4n) is 4.36. The SMILES string of the molecule is C1=NCc2c(cc(-c3ccc(CN4CCOCC4)nc3)nc2Nc2ccc3cn[nH]c3c2)C1. The Bertz CT molecular complexity index is 1310. The largest absolute Gasteiger partial charge is 0.379 e. The molecule has 0 saturated carbocycles. The van der Waals surface area contributed by atoms with E-state index in [9.17, 15) is 0 Å². The van der Waals surface area contributed by atoms with Gasteiger partial charge in [0.2, 0.25) is 0 Å². The Balaban J connectivity index is 1.29. The first kappa shape index (κ1) is 20.0. The van der Waals surface area contributed by atoms with Crippen LogP contribution in [0.4, 0.5) is 11.5 Å². The Morgan fingerprint density at radius 2 is 2.00 bits per heavy atom. The lowest BCUT2D eigenvalue weighted by Crippen LogP contribution is -2.35. The Morgan fingerprint density at radius 1 is 1.06 bits per heavy atom. The zero-order chi connectivity index (χ0) is 22.0. The minimum Gasteiger partial charge on any atom is -0.379 e. The van der Waals surface area contributed by atoms with Gasteiger partial charge in [-0.25, -0.2) is 4.98 Å². The van der Waals surface area contributed by atoms with Gasteiger partial charge in [-0.1, -0.05) is 0 Å². The number of hydrogen-bond donors (Lipinski definition) is 2. The summed E-state index contributed by atoms with van der Waals surface area (Å²) in [6.07, 6.45) is 6.55. The lowest BCUT2D eigenvalue weighted by molar-refractivity contribution is 0.0336. The van der Waals surface area contributed by atoms with Crippen molar-refractivity contribution in [2.45, 2.75) is 19.5 Å².